The molecule has 31 heavy (non-hydrogen) atoms. The summed E-state index contributed by atoms with van der Waals surface area (Å²) in [6.45, 7) is 2.70. The highest BCUT2D eigenvalue weighted by molar-refractivity contribution is 5.91. The van der Waals surface area contributed by atoms with Crippen molar-refractivity contribution >= 4 is 11.9 Å². The van der Waals surface area contributed by atoms with Gasteiger partial charge < -0.3 is 9.47 Å². The summed E-state index contributed by atoms with van der Waals surface area (Å²) < 4.78 is 10.7. The van der Waals surface area contributed by atoms with Gasteiger partial charge in [-0.1, -0.05) is 90.4 Å². The minimum absolute atomic E-state index is 0.0578. The fourth-order valence-corrected chi connectivity index (χ4v) is 5.17. The van der Waals surface area contributed by atoms with Gasteiger partial charge in [0.15, 0.2) is 0 Å². The van der Waals surface area contributed by atoms with E-state index >= 15 is 0 Å². The summed E-state index contributed by atoms with van der Waals surface area (Å²) in [5.74, 6) is 0.419. The highest BCUT2D eigenvalue weighted by atomic mass is 16.5. The van der Waals surface area contributed by atoms with E-state index in [9.17, 15) is 9.59 Å². The maximum absolute atomic E-state index is 11.9. The van der Waals surface area contributed by atoms with E-state index in [4.69, 9.17) is 9.47 Å². The minimum atomic E-state index is -0.445. The number of ether oxygens (including phenoxy) is 2. The van der Waals surface area contributed by atoms with Crippen molar-refractivity contribution in [1.29, 1.82) is 0 Å². The van der Waals surface area contributed by atoms with Crippen molar-refractivity contribution < 1.29 is 19.1 Å². The molecule has 2 rings (SSSR count). The third-order valence-corrected chi connectivity index (χ3v) is 7.04. The Bertz CT molecular complexity index is 527. The number of unbranched alkanes of at least 4 members (excludes halogenated alkanes) is 13. The lowest BCUT2D eigenvalue weighted by Gasteiger charge is -2.20. The Morgan fingerprint density at radius 2 is 1.26 bits per heavy atom. The van der Waals surface area contributed by atoms with E-state index in [1.807, 2.05) is 0 Å². The monoisotopic (exact) mass is 434 g/mol. The van der Waals surface area contributed by atoms with Crippen LogP contribution in [0.5, 0.6) is 0 Å². The molecule has 3 unspecified atom stereocenters. The van der Waals surface area contributed by atoms with Crippen LogP contribution in [0.25, 0.3) is 0 Å². The van der Waals surface area contributed by atoms with Gasteiger partial charge in [0.1, 0.15) is 6.10 Å². The van der Waals surface area contributed by atoms with E-state index in [-0.39, 0.29) is 6.10 Å². The van der Waals surface area contributed by atoms with E-state index in [0.29, 0.717) is 12.5 Å². The van der Waals surface area contributed by atoms with E-state index < -0.39 is 11.9 Å². The molecule has 2 bridgehead atoms. The third-order valence-electron chi connectivity index (χ3n) is 7.04. The topological polar surface area (TPSA) is 52.6 Å². The van der Waals surface area contributed by atoms with Crippen LogP contribution in [-0.4, -0.2) is 24.6 Å². The van der Waals surface area contributed by atoms with Crippen molar-refractivity contribution in [2.45, 2.75) is 129 Å². The first-order valence-corrected chi connectivity index (χ1v) is 13.2. The summed E-state index contributed by atoms with van der Waals surface area (Å²) in [6.07, 6.45) is 25.4. The van der Waals surface area contributed by atoms with Gasteiger partial charge in [-0.25, -0.2) is 9.59 Å². The zero-order valence-corrected chi connectivity index (χ0v) is 20.0. The van der Waals surface area contributed by atoms with Crippen LogP contribution in [0.4, 0.5) is 0 Å². The van der Waals surface area contributed by atoms with E-state index in [1.54, 1.807) is 0 Å². The summed E-state index contributed by atoms with van der Waals surface area (Å²) in [5.41, 5.74) is 0. The molecule has 0 aromatic carbocycles. The first-order chi connectivity index (χ1) is 15.2. The van der Waals surface area contributed by atoms with Crippen molar-refractivity contribution in [2.75, 3.05) is 6.61 Å². The molecule has 3 atom stereocenters. The Morgan fingerprint density at radius 1 is 0.710 bits per heavy atom. The van der Waals surface area contributed by atoms with Gasteiger partial charge in [0.25, 0.3) is 0 Å². The average molecular weight is 435 g/mol. The highest BCUT2D eigenvalue weighted by Crippen LogP contribution is 2.45. The van der Waals surface area contributed by atoms with Crippen LogP contribution in [0.3, 0.4) is 0 Å². The quantitative estimate of drug-likeness (QED) is 0.129. The predicted molar refractivity (Wildman–Crippen MR) is 126 cm³/mol. The minimum Gasteiger partial charge on any atom is -0.463 e. The molecule has 2 aliphatic carbocycles. The maximum Gasteiger partial charge on any atom is 0.331 e. The molecular formula is C27H46O4. The van der Waals surface area contributed by atoms with Gasteiger partial charge in [-0.15, -0.1) is 0 Å². The fraction of sp³-hybridized carbons (Fsp3) is 0.852. The molecule has 178 valence electrons. The number of hydrogen-bond donors (Lipinski definition) is 0. The molecule has 0 aromatic heterocycles. The lowest BCUT2D eigenvalue weighted by Crippen LogP contribution is -2.23. The van der Waals surface area contributed by atoms with E-state index in [0.717, 1.165) is 25.2 Å². The van der Waals surface area contributed by atoms with Crippen molar-refractivity contribution in [3.05, 3.63) is 12.2 Å². The first-order valence-electron chi connectivity index (χ1n) is 13.2. The molecule has 0 saturated heterocycles. The normalized spacial score (nSPS) is 22.3. The Balaban J connectivity index is 1.33. The van der Waals surface area contributed by atoms with Gasteiger partial charge in [-0.2, -0.15) is 0 Å². The SMILES string of the molecule is CCCCCCCCCCCCCCCCOC(=O)/C=C/C(=O)OC1CC2CCC1C2. The molecule has 2 saturated carbocycles. The van der Waals surface area contributed by atoms with Crippen LogP contribution >= 0.6 is 0 Å². The van der Waals surface area contributed by atoms with Crippen molar-refractivity contribution in [3.8, 4) is 0 Å². The Kier molecular flexibility index (Phi) is 13.7. The van der Waals surface area contributed by atoms with Crippen LogP contribution in [0, 0.1) is 11.8 Å². The van der Waals surface area contributed by atoms with Crippen molar-refractivity contribution in [3.63, 3.8) is 0 Å². The number of fused-ring (bicyclic) bond motifs is 2. The Hall–Kier alpha value is -1.32. The predicted octanol–water partition coefficient (Wildman–Crippen LogP) is 7.30. The molecular weight excluding hydrogens is 388 g/mol. The molecule has 0 heterocycles. The molecule has 0 amide bonds. The standard InChI is InChI=1S/C27H46O4/c1-2-3-4-5-6-7-8-9-10-11-12-13-14-15-20-30-26(28)18-19-27(29)31-25-22-23-16-17-24(25)21-23/h18-19,23-25H,2-17,20-22H2,1H3/b19-18+. The molecule has 4 nitrogen and oxygen atoms in total. The summed E-state index contributed by atoms with van der Waals surface area (Å²) in [7, 11) is 0. The van der Waals surface area contributed by atoms with Gasteiger partial charge in [0.05, 0.1) is 6.61 Å². The average Bonchev–Trinajstić information content (AvgIpc) is 3.38. The van der Waals surface area contributed by atoms with Gasteiger partial charge in [-0.05, 0) is 43.9 Å². The van der Waals surface area contributed by atoms with E-state index in [2.05, 4.69) is 6.92 Å². The summed E-state index contributed by atoms with van der Waals surface area (Å²) in [4.78, 5) is 23.6. The molecule has 2 fully saturated rings. The van der Waals surface area contributed by atoms with Crippen LogP contribution in [0.1, 0.15) is 122 Å². The van der Waals surface area contributed by atoms with E-state index in [1.165, 1.54) is 108 Å². The lowest BCUT2D eigenvalue weighted by atomic mass is 9.98. The second-order valence-electron chi connectivity index (χ2n) is 9.75. The second kappa shape index (κ2) is 16.3. The van der Waals surface area contributed by atoms with Gasteiger partial charge in [0, 0.05) is 12.2 Å². The molecule has 0 radical (unpaired) electrons. The fourth-order valence-electron chi connectivity index (χ4n) is 5.17. The summed E-state index contributed by atoms with van der Waals surface area (Å²) >= 11 is 0. The number of hydrogen-bond acceptors (Lipinski definition) is 4. The zero-order valence-electron chi connectivity index (χ0n) is 20.0. The van der Waals surface area contributed by atoms with Crippen LogP contribution in [-0.2, 0) is 19.1 Å². The molecule has 0 spiro atoms. The lowest BCUT2D eigenvalue weighted by molar-refractivity contribution is -0.146. The molecule has 4 heteroatoms. The van der Waals surface area contributed by atoms with Gasteiger partial charge in [0.2, 0.25) is 0 Å². The smallest absolute Gasteiger partial charge is 0.331 e. The summed E-state index contributed by atoms with van der Waals surface area (Å²) in [5, 5.41) is 0. The first kappa shape index (κ1) is 25.9. The van der Waals surface area contributed by atoms with Crippen molar-refractivity contribution in [1.82, 2.24) is 0 Å². The van der Waals surface area contributed by atoms with Crippen LogP contribution in [0.2, 0.25) is 0 Å². The molecule has 0 aromatic rings. The van der Waals surface area contributed by atoms with Crippen molar-refractivity contribution in [2.24, 2.45) is 11.8 Å². The van der Waals surface area contributed by atoms with Crippen LogP contribution in [0.15, 0.2) is 12.2 Å². The zero-order chi connectivity index (χ0) is 22.2. The highest BCUT2D eigenvalue weighted by Gasteiger charge is 2.41. The number of carbonyl (C=O) groups is 2. The Labute approximate surface area is 190 Å². The maximum atomic E-state index is 11.9. The van der Waals surface area contributed by atoms with Crippen LogP contribution < -0.4 is 0 Å². The van der Waals surface area contributed by atoms with Gasteiger partial charge >= 0.3 is 11.9 Å². The third kappa shape index (κ3) is 11.8. The number of esters is 2. The van der Waals surface area contributed by atoms with Gasteiger partial charge in [-0.3, -0.25) is 0 Å². The molecule has 0 aliphatic heterocycles. The Morgan fingerprint density at radius 3 is 1.77 bits per heavy atom. The summed E-state index contributed by atoms with van der Waals surface area (Å²) in [6, 6.07) is 0. The number of rotatable bonds is 18. The molecule has 0 N–H and O–H groups in total. The largest absolute Gasteiger partial charge is 0.463 e. The molecule has 2 aliphatic rings. The number of carbonyl (C=O) groups excluding carboxylic acids is 2. The second-order valence-corrected chi connectivity index (χ2v) is 9.75.